The molecule has 0 spiro atoms. The van der Waals surface area contributed by atoms with E-state index in [-0.39, 0.29) is 22.9 Å². The molecule has 162 valence electrons. The molecule has 0 aliphatic carbocycles. The van der Waals surface area contributed by atoms with Gasteiger partial charge < -0.3 is 4.74 Å². The van der Waals surface area contributed by atoms with Crippen molar-refractivity contribution in [2.24, 2.45) is 0 Å². The summed E-state index contributed by atoms with van der Waals surface area (Å²) in [5.74, 6) is 1.17. The van der Waals surface area contributed by atoms with Crippen molar-refractivity contribution in [3.8, 4) is 11.5 Å². The van der Waals surface area contributed by atoms with Crippen molar-refractivity contribution >= 4 is 31.5 Å². The Balaban J connectivity index is 1.44. The van der Waals surface area contributed by atoms with Crippen LogP contribution in [0.15, 0.2) is 82.6 Å². The summed E-state index contributed by atoms with van der Waals surface area (Å²) in [7, 11) is -7.41. The molecule has 0 radical (unpaired) electrons. The molecule has 3 aromatic rings. The van der Waals surface area contributed by atoms with Crippen LogP contribution in [0.4, 0.5) is 0 Å². The van der Waals surface area contributed by atoms with Gasteiger partial charge in [-0.3, -0.25) is 0 Å². The lowest BCUT2D eigenvalue weighted by atomic mass is 10.2. The highest BCUT2D eigenvalue weighted by Crippen LogP contribution is 2.30. The predicted molar refractivity (Wildman–Crippen MR) is 119 cm³/mol. The van der Waals surface area contributed by atoms with Gasteiger partial charge in [0.1, 0.15) is 11.5 Å². The number of hydrogen-bond donors (Lipinski definition) is 0. The topological polar surface area (TPSA) is 80.8 Å². The van der Waals surface area contributed by atoms with Gasteiger partial charge >= 0.3 is 0 Å². The fourth-order valence-electron chi connectivity index (χ4n) is 3.25. The number of benzene rings is 3. The molecule has 0 aromatic heterocycles. The summed E-state index contributed by atoms with van der Waals surface area (Å²) in [6, 6.07) is 19.5. The Labute approximate surface area is 187 Å². The fourth-order valence-corrected chi connectivity index (χ4v) is 6.75. The van der Waals surface area contributed by atoms with Gasteiger partial charge in [0, 0.05) is 18.1 Å². The van der Waals surface area contributed by atoms with E-state index in [1.165, 1.54) is 40.7 Å². The first-order valence-corrected chi connectivity index (χ1v) is 12.9. The highest BCUT2D eigenvalue weighted by molar-refractivity contribution is 7.92. The van der Waals surface area contributed by atoms with Crippen molar-refractivity contribution in [3.05, 3.63) is 83.4 Å². The zero-order valence-electron chi connectivity index (χ0n) is 16.6. The van der Waals surface area contributed by atoms with Gasteiger partial charge in [0.05, 0.1) is 15.0 Å². The molecule has 1 fully saturated rings. The zero-order chi connectivity index (χ0) is 22.2. The molecule has 1 saturated heterocycles. The van der Waals surface area contributed by atoms with Crippen LogP contribution in [0.25, 0.3) is 0 Å². The molecule has 9 heteroatoms. The Kier molecular flexibility index (Phi) is 5.83. The van der Waals surface area contributed by atoms with E-state index in [4.69, 9.17) is 16.3 Å². The third-order valence-electron chi connectivity index (χ3n) is 5.08. The average Bonchev–Trinajstić information content (AvgIpc) is 2.67. The van der Waals surface area contributed by atoms with Crippen molar-refractivity contribution in [3.63, 3.8) is 0 Å². The largest absolute Gasteiger partial charge is 0.457 e. The fraction of sp³-hybridized carbons (Fsp3) is 0.182. The van der Waals surface area contributed by atoms with Crippen molar-refractivity contribution in [2.45, 2.75) is 22.0 Å². The lowest BCUT2D eigenvalue weighted by Crippen LogP contribution is -2.56. The van der Waals surface area contributed by atoms with E-state index in [9.17, 15) is 16.8 Å². The summed E-state index contributed by atoms with van der Waals surface area (Å²) in [6.07, 6.45) is 0. The van der Waals surface area contributed by atoms with Crippen LogP contribution in [0.3, 0.4) is 0 Å². The molecule has 0 N–H and O–H groups in total. The number of nitrogens with zero attached hydrogens (tertiary/aromatic N) is 1. The normalized spacial score (nSPS) is 15.4. The van der Waals surface area contributed by atoms with Crippen LogP contribution in [-0.2, 0) is 19.9 Å². The molecule has 6 nitrogen and oxygen atoms in total. The third kappa shape index (κ3) is 4.48. The Morgan fingerprint density at radius 2 is 1.45 bits per heavy atom. The van der Waals surface area contributed by atoms with Crippen LogP contribution >= 0.6 is 11.6 Å². The molecule has 4 rings (SSSR count). The summed E-state index contributed by atoms with van der Waals surface area (Å²) in [4.78, 5) is 0.225. The second-order valence-electron chi connectivity index (χ2n) is 7.33. The van der Waals surface area contributed by atoms with Gasteiger partial charge in [0.2, 0.25) is 10.0 Å². The van der Waals surface area contributed by atoms with Crippen LogP contribution in [0.1, 0.15) is 5.56 Å². The maximum Gasteiger partial charge on any atom is 0.243 e. The lowest BCUT2D eigenvalue weighted by Gasteiger charge is -2.37. The number of aryl methyl sites for hydroxylation is 1. The van der Waals surface area contributed by atoms with Crippen molar-refractivity contribution < 1.29 is 21.6 Å². The summed E-state index contributed by atoms with van der Waals surface area (Å²) in [6.45, 7) is 1.78. The number of rotatable bonds is 6. The van der Waals surface area contributed by atoms with E-state index < -0.39 is 25.1 Å². The minimum Gasteiger partial charge on any atom is -0.457 e. The first kappa shape index (κ1) is 21.8. The van der Waals surface area contributed by atoms with Gasteiger partial charge in [0.25, 0.3) is 0 Å². The van der Waals surface area contributed by atoms with Crippen LogP contribution < -0.4 is 4.74 Å². The van der Waals surface area contributed by atoms with Gasteiger partial charge in [-0.2, -0.15) is 4.31 Å². The first-order chi connectivity index (χ1) is 14.7. The van der Waals surface area contributed by atoms with E-state index in [1.807, 2.05) is 31.2 Å². The Bertz CT molecular complexity index is 1300. The Morgan fingerprint density at radius 3 is 2.06 bits per heavy atom. The molecule has 31 heavy (non-hydrogen) atoms. The number of hydrogen-bond acceptors (Lipinski definition) is 5. The van der Waals surface area contributed by atoms with Crippen LogP contribution in [0.2, 0.25) is 5.02 Å². The van der Waals surface area contributed by atoms with E-state index in [0.717, 1.165) is 5.56 Å². The Morgan fingerprint density at radius 1 is 0.839 bits per heavy atom. The van der Waals surface area contributed by atoms with Crippen LogP contribution in [-0.4, -0.2) is 39.5 Å². The van der Waals surface area contributed by atoms with Crippen molar-refractivity contribution in [1.29, 1.82) is 0 Å². The quantitative estimate of drug-likeness (QED) is 0.529. The summed E-state index contributed by atoms with van der Waals surface area (Å²) >= 11 is 5.81. The number of sulfonamides is 1. The maximum absolute atomic E-state index is 12.9. The van der Waals surface area contributed by atoms with E-state index in [0.29, 0.717) is 16.5 Å². The average molecular weight is 478 g/mol. The van der Waals surface area contributed by atoms with Gasteiger partial charge in [-0.25, -0.2) is 16.8 Å². The summed E-state index contributed by atoms with van der Waals surface area (Å²) < 4.78 is 58.0. The van der Waals surface area contributed by atoms with Gasteiger partial charge in [-0.1, -0.05) is 23.7 Å². The minimum atomic E-state index is -3.79. The van der Waals surface area contributed by atoms with E-state index in [2.05, 4.69) is 0 Å². The molecule has 0 amide bonds. The molecular weight excluding hydrogens is 458 g/mol. The SMILES string of the molecule is Cc1cccc(Oc2ccc(S(=O)(=O)N3CC(S(=O)(=O)c4ccc(Cl)cc4)C3)cc2)c1. The maximum atomic E-state index is 12.9. The molecule has 0 bridgehead atoms. The van der Waals surface area contributed by atoms with Crippen LogP contribution in [0.5, 0.6) is 11.5 Å². The second-order valence-corrected chi connectivity index (χ2v) is 11.9. The highest BCUT2D eigenvalue weighted by atomic mass is 35.5. The van der Waals surface area contributed by atoms with Crippen LogP contribution in [0, 0.1) is 6.92 Å². The predicted octanol–water partition coefficient (Wildman–Crippen LogP) is 4.29. The third-order valence-corrected chi connectivity index (χ3v) is 9.29. The summed E-state index contributed by atoms with van der Waals surface area (Å²) in [5.41, 5.74) is 1.05. The standard InChI is InChI=1S/C22H20ClNO5S2/c1-16-3-2-4-19(13-16)29-18-7-11-21(12-8-18)31(27,28)24-14-22(15-24)30(25,26)20-9-5-17(23)6-10-20/h2-13,22H,14-15H2,1H3. The molecule has 1 aliphatic rings. The van der Waals surface area contributed by atoms with Gasteiger partial charge in [0.15, 0.2) is 9.84 Å². The molecule has 1 aliphatic heterocycles. The van der Waals surface area contributed by atoms with Gasteiger partial charge in [-0.15, -0.1) is 0 Å². The zero-order valence-corrected chi connectivity index (χ0v) is 19.0. The monoisotopic (exact) mass is 477 g/mol. The second kappa shape index (κ2) is 8.27. The van der Waals surface area contributed by atoms with E-state index in [1.54, 1.807) is 12.1 Å². The molecular formula is C22H20ClNO5S2. The number of ether oxygens (including phenoxy) is 1. The smallest absolute Gasteiger partial charge is 0.243 e. The van der Waals surface area contributed by atoms with Crippen molar-refractivity contribution in [1.82, 2.24) is 4.31 Å². The summed E-state index contributed by atoms with van der Waals surface area (Å²) in [5, 5.41) is -0.348. The highest BCUT2D eigenvalue weighted by Gasteiger charge is 2.44. The first-order valence-electron chi connectivity index (χ1n) is 9.50. The molecule has 0 unspecified atom stereocenters. The molecule has 0 atom stereocenters. The van der Waals surface area contributed by atoms with Crippen molar-refractivity contribution in [2.75, 3.05) is 13.1 Å². The minimum absolute atomic E-state index is 0.0885. The molecule has 3 aromatic carbocycles. The lowest BCUT2D eigenvalue weighted by molar-refractivity contribution is 0.309. The number of sulfone groups is 1. The Hall–Kier alpha value is -2.39. The number of halogens is 1. The molecule has 1 heterocycles. The van der Waals surface area contributed by atoms with E-state index >= 15 is 0 Å². The molecule has 0 saturated carbocycles. The van der Waals surface area contributed by atoms with Gasteiger partial charge in [-0.05, 0) is 73.2 Å².